The van der Waals surface area contributed by atoms with Gasteiger partial charge in [-0.1, -0.05) is 30.3 Å². The van der Waals surface area contributed by atoms with Crippen LogP contribution in [0.4, 0.5) is 14.9 Å². The van der Waals surface area contributed by atoms with Crippen molar-refractivity contribution in [3.8, 4) is 5.75 Å². The first-order valence-electron chi connectivity index (χ1n) is 7.63. The fraction of sp³-hybridized carbons (Fsp3) is 0.278. The van der Waals surface area contributed by atoms with Gasteiger partial charge in [-0.25, -0.2) is 9.18 Å². The largest absolute Gasteiger partial charge is 0.494 e. The zero-order chi connectivity index (χ0) is 17.5. The highest BCUT2D eigenvalue weighted by molar-refractivity contribution is 5.91. The lowest BCUT2D eigenvalue weighted by atomic mass is 10.0. The van der Waals surface area contributed by atoms with Crippen LogP contribution in [-0.2, 0) is 0 Å². The van der Waals surface area contributed by atoms with Crippen molar-refractivity contribution < 1.29 is 19.0 Å². The smallest absolute Gasteiger partial charge is 0.319 e. The van der Waals surface area contributed by atoms with Crippen molar-refractivity contribution in [2.75, 3.05) is 12.4 Å². The average molecular weight is 332 g/mol. The van der Waals surface area contributed by atoms with Crippen LogP contribution in [0.2, 0.25) is 0 Å². The van der Waals surface area contributed by atoms with E-state index >= 15 is 0 Å². The molecule has 5 nitrogen and oxygen atoms in total. The zero-order valence-corrected chi connectivity index (χ0v) is 13.6. The predicted octanol–water partition coefficient (Wildman–Crippen LogP) is 3.47. The molecule has 0 aliphatic carbocycles. The Bertz CT molecular complexity index is 679. The maximum absolute atomic E-state index is 13.2. The van der Waals surface area contributed by atoms with E-state index in [2.05, 4.69) is 10.6 Å². The Hall–Kier alpha value is -2.60. The molecule has 2 aromatic carbocycles. The third-order valence-corrected chi connectivity index (χ3v) is 3.55. The summed E-state index contributed by atoms with van der Waals surface area (Å²) < 4.78 is 18.2. The summed E-state index contributed by atoms with van der Waals surface area (Å²) in [6.07, 6.45) is -0.292. The van der Waals surface area contributed by atoms with Crippen LogP contribution in [0.5, 0.6) is 5.75 Å². The highest BCUT2D eigenvalue weighted by Crippen LogP contribution is 2.25. The quantitative estimate of drug-likeness (QED) is 0.758. The Morgan fingerprint density at radius 3 is 2.62 bits per heavy atom. The minimum atomic E-state index is -0.665. The molecule has 2 amide bonds. The van der Waals surface area contributed by atoms with Crippen molar-refractivity contribution in [1.82, 2.24) is 5.32 Å². The van der Waals surface area contributed by atoms with Crippen molar-refractivity contribution in [3.63, 3.8) is 0 Å². The van der Waals surface area contributed by atoms with Gasteiger partial charge in [0.25, 0.3) is 0 Å². The van der Waals surface area contributed by atoms with Crippen LogP contribution in [0.3, 0.4) is 0 Å². The van der Waals surface area contributed by atoms with E-state index in [-0.39, 0.29) is 11.8 Å². The van der Waals surface area contributed by atoms with Gasteiger partial charge in [-0.15, -0.1) is 0 Å². The average Bonchev–Trinajstić information content (AvgIpc) is 2.57. The van der Waals surface area contributed by atoms with E-state index < -0.39 is 18.0 Å². The number of carbonyl (C=O) groups excluding carboxylic acids is 1. The van der Waals surface area contributed by atoms with E-state index in [1.807, 2.05) is 30.3 Å². The number of anilines is 1. The number of hydrogen-bond donors (Lipinski definition) is 3. The number of aliphatic hydroxyl groups is 1. The molecule has 2 unspecified atom stereocenters. The number of benzene rings is 2. The summed E-state index contributed by atoms with van der Waals surface area (Å²) in [4.78, 5) is 12.0. The van der Waals surface area contributed by atoms with Crippen molar-refractivity contribution >= 4 is 11.7 Å². The second-order valence-corrected chi connectivity index (χ2v) is 5.51. The number of rotatable bonds is 6. The summed E-state index contributed by atoms with van der Waals surface area (Å²) in [6, 6.07) is 12.4. The number of urea groups is 1. The Morgan fingerprint density at radius 2 is 1.96 bits per heavy atom. The maximum atomic E-state index is 13.2. The first-order chi connectivity index (χ1) is 11.5. The molecule has 3 N–H and O–H groups in total. The van der Waals surface area contributed by atoms with Crippen molar-refractivity contribution in [3.05, 3.63) is 59.9 Å². The van der Waals surface area contributed by atoms with Gasteiger partial charge in [-0.05, 0) is 31.0 Å². The summed E-state index contributed by atoms with van der Waals surface area (Å²) in [7, 11) is 1.40. The SMILES string of the molecule is COc1cc(F)ccc1NC(=O)NC(C)CC(O)c1ccccc1. The van der Waals surface area contributed by atoms with Gasteiger partial charge in [0, 0.05) is 12.1 Å². The molecular weight excluding hydrogens is 311 g/mol. The van der Waals surface area contributed by atoms with E-state index in [4.69, 9.17) is 4.74 Å². The van der Waals surface area contributed by atoms with Gasteiger partial charge < -0.3 is 20.5 Å². The molecule has 0 aliphatic heterocycles. The number of methoxy groups -OCH3 is 1. The topological polar surface area (TPSA) is 70.6 Å². The lowest BCUT2D eigenvalue weighted by Crippen LogP contribution is -2.37. The molecule has 128 valence electrons. The third-order valence-electron chi connectivity index (χ3n) is 3.55. The minimum absolute atomic E-state index is 0.238. The molecular formula is C18H21FN2O3. The standard InChI is InChI=1S/C18H21FN2O3/c1-12(10-16(22)13-6-4-3-5-7-13)20-18(23)21-15-9-8-14(19)11-17(15)24-2/h3-9,11-12,16,22H,10H2,1-2H3,(H2,20,21,23). The molecule has 0 saturated carbocycles. The van der Waals surface area contributed by atoms with Gasteiger partial charge in [-0.3, -0.25) is 0 Å². The van der Waals surface area contributed by atoms with Crippen molar-refractivity contribution in [2.24, 2.45) is 0 Å². The van der Waals surface area contributed by atoms with Gasteiger partial charge in [0.15, 0.2) is 0 Å². The van der Waals surface area contributed by atoms with E-state index in [1.165, 1.54) is 25.3 Å². The summed E-state index contributed by atoms with van der Waals surface area (Å²) in [5.74, 6) is -0.209. The molecule has 0 aliphatic rings. The van der Waals surface area contributed by atoms with Gasteiger partial charge >= 0.3 is 6.03 Å². The maximum Gasteiger partial charge on any atom is 0.319 e. The number of hydrogen-bond acceptors (Lipinski definition) is 3. The number of amides is 2. The molecule has 0 heterocycles. The molecule has 24 heavy (non-hydrogen) atoms. The molecule has 2 rings (SSSR count). The minimum Gasteiger partial charge on any atom is -0.494 e. The fourth-order valence-corrected chi connectivity index (χ4v) is 2.36. The Morgan fingerprint density at radius 1 is 1.25 bits per heavy atom. The Kier molecular flexibility index (Phi) is 6.14. The second-order valence-electron chi connectivity index (χ2n) is 5.51. The number of aliphatic hydroxyl groups excluding tert-OH is 1. The monoisotopic (exact) mass is 332 g/mol. The van der Waals surface area contributed by atoms with Gasteiger partial charge in [0.2, 0.25) is 0 Å². The fourth-order valence-electron chi connectivity index (χ4n) is 2.36. The summed E-state index contributed by atoms with van der Waals surface area (Å²) in [5, 5.41) is 15.5. The van der Waals surface area contributed by atoms with Crippen LogP contribution in [0, 0.1) is 5.82 Å². The lowest BCUT2D eigenvalue weighted by molar-refractivity contribution is 0.155. The molecule has 0 spiro atoms. The van der Waals surface area contributed by atoms with Crippen molar-refractivity contribution in [1.29, 1.82) is 0 Å². The first kappa shape index (κ1) is 17.7. The van der Waals surface area contributed by atoms with E-state index in [9.17, 15) is 14.3 Å². The molecule has 0 saturated heterocycles. The third kappa shape index (κ3) is 4.96. The van der Waals surface area contributed by atoms with Crippen molar-refractivity contribution in [2.45, 2.75) is 25.5 Å². The number of carbonyl (C=O) groups is 1. The molecule has 2 atom stereocenters. The molecule has 0 fully saturated rings. The second kappa shape index (κ2) is 8.31. The first-order valence-corrected chi connectivity index (χ1v) is 7.63. The van der Waals surface area contributed by atoms with Crippen LogP contribution >= 0.6 is 0 Å². The molecule has 0 aromatic heterocycles. The zero-order valence-electron chi connectivity index (χ0n) is 13.6. The van der Waals surface area contributed by atoms with Crippen LogP contribution in [0.15, 0.2) is 48.5 Å². The van der Waals surface area contributed by atoms with Crippen LogP contribution in [-0.4, -0.2) is 24.3 Å². The van der Waals surface area contributed by atoms with Crippen LogP contribution in [0.1, 0.15) is 25.0 Å². The highest BCUT2D eigenvalue weighted by Gasteiger charge is 2.15. The van der Waals surface area contributed by atoms with E-state index in [0.29, 0.717) is 12.1 Å². The summed E-state index contributed by atoms with van der Waals surface area (Å²) >= 11 is 0. The van der Waals surface area contributed by atoms with Crippen LogP contribution in [0.25, 0.3) is 0 Å². The lowest BCUT2D eigenvalue weighted by Gasteiger charge is -2.19. The Labute approximate surface area is 140 Å². The normalized spacial score (nSPS) is 13.0. The molecule has 0 radical (unpaired) electrons. The van der Waals surface area contributed by atoms with E-state index in [1.54, 1.807) is 6.92 Å². The number of halogens is 1. The highest BCUT2D eigenvalue weighted by atomic mass is 19.1. The number of nitrogens with one attached hydrogen (secondary N) is 2. The number of ether oxygens (including phenoxy) is 1. The van der Waals surface area contributed by atoms with Gasteiger partial charge in [0.1, 0.15) is 11.6 Å². The summed E-state index contributed by atoms with van der Waals surface area (Å²) in [5.41, 5.74) is 1.17. The summed E-state index contributed by atoms with van der Waals surface area (Å²) in [6.45, 7) is 1.80. The molecule has 0 bridgehead atoms. The van der Waals surface area contributed by atoms with Gasteiger partial charge in [0.05, 0.1) is 18.9 Å². The van der Waals surface area contributed by atoms with Gasteiger partial charge in [-0.2, -0.15) is 0 Å². The molecule has 6 heteroatoms. The van der Waals surface area contributed by atoms with Crippen LogP contribution < -0.4 is 15.4 Å². The predicted molar refractivity (Wildman–Crippen MR) is 90.6 cm³/mol. The Balaban J connectivity index is 1.90. The van der Waals surface area contributed by atoms with E-state index in [0.717, 1.165) is 5.56 Å². The molecule has 2 aromatic rings.